The standard InChI is InChI=1S/C21H39NO2/c1-5-14-22(18-7-8-18)15-11-19-16-23-21(24-19)12-9-17(10-13-21)20(3,4)6-2/h17-19H,5-16H2,1-4H3. The predicted molar refractivity (Wildman–Crippen MR) is 99.1 cm³/mol. The molecule has 3 aliphatic rings. The van der Waals surface area contributed by atoms with Crippen molar-refractivity contribution in [2.24, 2.45) is 11.3 Å². The van der Waals surface area contributed by atoms with Gasteiger partial charge in [-0.2, -0.15) is 0 Å². The molecule has 2 saturated carbocycles. The summed E-state index contributed by atoms with van der Waals surface area (Å²) in [6, 6.07) is 0.868. The second-order valence-corrected chi connectivity index (χ2v) is 9.13. The van der Waals surface area contributed by atoms with Crippen molar-refractivity contribution < 1.29 is 9.47 Å². The molecule has 24 heavy (non-hydrogen) atoms. The highest BCUT2D eigenvalue weighted by molar-refractivity contribution is 4.90. The van der Waals surface area contributed by atoms with E-state index >= 15 is 0 Å². The fourth-order valence-electron chi connectivity index (χ4n) is 4.66. The number of nitrogens with zero attached hydrogens (tertiary/aromatic N) is 1. The maximum Gasteiger partial charge on any atom is 0.168 e. The first-order valence-electron chi connectivity index (χ1n) is 10.5. The van der Waals surface area contributed by atoms with Crippen LogP contribution in [0.3, 0.4) is 0 Å². The molecule has 3 fully saturated rings. The van der Waals surface area contributed by atoms with Crippen LogP contribution >= 0.6 is 0 Å². The minimum Gasteiger partial charge on any atom is -0.347 e. The predicted octanol–water partition coefficient (Wildman–Crippen LogP) is 4.99. The fourth-order valence-corrected chi connectivity index (χ4v) is 4.66. The quantitative estimate of drug-likeness (QED) is 0.623. The molecule has 3 nitrogen and oxygen atoms in total. The van der Waals surface area contributed by atoms with Crippen molar-refractivity contribution in [1.29, 1.82) is 0 Å². The van der Waals surface area contributed by atoms with E-state index in [0.717, 1.165) is 37.8 Å². The summed E-state index contributed by atoms with van der Waals surface area (Å²) in [4.78, 5) is 2.68. The molecule has 140 valence electrons. The Morgan fingerprint density at radius 1 is 1.04 bits per heavy atom. The Labute approximate surface area is 149 Å². The summed E-state index contributed by atoms with van der Waals surface area (Å²) in [5.41, 5.74) is 0.463. The zero-order valence-corrected chi connectivity index (χ0v) is 16.5. The van der Waals surface area contributed by atoms with Crippen LogP contribution in [0.15, 0.2) is 0 Å². The molecule has 0 radical (unpaired) electrons. The van der Waals surface area contributed by atoms with E-state index in [4.69, 9.17) is 9.47 Å². The van der Waals surface area contributed by atoms with Crippen LogP contribution in [-0.2, 0) is 9.47 Å². The van der Waals surface area contributed by atoms with Gasteiger partial charge in [0.05, 0.1) is 12.7 Å². The Kier molecular flexibility index (Phi) is 5.94. The summed E-state index contributed by atoms with van der Waals surface area (Å²) in [7, 11) is 0. The normalized spacial score (nSPS) is 34.4. The molecular formula is C21H39NO2. The zero-order valence-electron chi connectivity index (χ0n) is 16.5. The molecular weight excluding hydrogens is 298 g/mol. The van der Waals surface area contributed by atoms with Crippen molar-refractivity contribution >= 4 is 0 Å². The third-order valence-corrected chi connectivity index (χ3v) is 6.99. The van der Waals surface area contributed by atoms with E-state index < -0.39 is 0 Å². The lowest BCUT2D eigenvalue weighted by Crippen LogP contribution is -2.39. The molecule has 1 saturated heterocycles. The van der Waals surface area contributed by atoms with Crippen molar-refractivity contribution in [2.75, 3.05) is 19.7 Å². The molecule has 1 spiro atoms. The lowest BCUT2D eigenvalue weighted by atomic mass is 9.68. The maximum atomic E-state index is 6.46. The van der Waals surface area contributed by atoms with Gasteiger partial charge in [-0.25, -0.2) is 0 Å². The minimum atomic E-state index is -0.236. The van der Waals surface area contributed by atoms with Gasteiger partial charge in [0, 0.05) is 25.4 Å². The summed E-state index contributed by atoms with van der Waals surface area (Å²) in [5.74, 6) is 0.592. The molecule has 1 unspecified atom stereocenters. The van der Waals surface area contributed by atoms with Crippen LogP contribution in [-0.4, -0.2) is 42.5 Å². The molecule has 0 bridgehead atoms. The van der Waals surface area contributed by atoms with Crippen LogP contribution in [0.5, 0.6) is 0 Å². The van der Waals surface area contributed by atoms with Gasteiger partial charge >= 0.3 is 0 Å². The summed E-state index contributed by atoms with van der Waals surface area (Å²) < 4.78 is 12.7. The summed E-state index contributed by atoms with van der Waals surface area (Å²) in [5, 5.41) is 0. The van der Waals surface area contributed by atoms with E-state index in [1.54, 1.807) is 0 Å². The van der Waals surface area contributed by atoms with Gasteiger partial charge in [-0.05, 0) is 56.4 Å². The molecule has 0 aromatic carbocycles. The second-order valence-electron chi connectivity index (χ2n) is 9.13. The molecule has 0 N–H and O–H groups in total. The van der Waals surface area contributed by atoms with E-state index in [1.165, 1.54) is 51.6 Å². The zero-order chi connectivity index (χ0) is 17.2. The van der Waals surface area contributed by atoms with E-state index in [2.05, 4.69) is 32.6 Å². The monoisotopic (exact) mass is 337 g/mol. The highest BCUT2D eigenvalue weighted by atomic mass is 16.7. The molecule has 1 aliphatic heterocycles. The Hall–Kier alpha value is -0.120. The maximum absolute atomic E-state index is 6.46. The van der Waals surface area contributed by atoms with Crippen LogP contribution in [0.2, 0.25) is 0 Å². The molecule has 3 rings (SSSR count). The van der Waals surface area contributed by atoms with Gasteiger partial charge in [0.2, 0.25) is 0 Å². The number of hydrogen-bond donors (Lipinski definition) is 0. The third kappa shape index (κ3) is 4.34. The summed E-state index contributed by atoms with van der Waals surface area (Å²) >= 11 is 0. The van der Waals surface area contributed by atoms with Gasteiger partial charge in [-0.3, -0.25) is 0 Å². The summed E-state index contributed by atoms with van der Waals surface area (Å²) in [6.07, 6.45) is 11.5. The lowest BCUT2D eigenvalue weighted by Gasteiger charge is -2.42. The van der Waals surface area contributed by atoms with Gasteiger partial charge in [0.25, 0.3) is 0 Å². The first-order valence-corrected chi connectivity index (χ1v) is 10.5. The smallest absolute Gasteiger partial charge is 0.168 e. The van der Waals surface area contributed by atoms with E-state index in [1.807, 2.05) is 0 Å². The molecule has 1 heterocycles. The second kappa shape index (κ2) is 7.63. The topological polar surface area (TPSA) is 21.7 Å². The highest BCUT2D eigenvalue weighted by Crippen LogP contribution is 2.47. The molecule has 0 aromatic rings. The van der Waals surface area contributed by atoms with Gasteiger partial charge in [-0.15, -0.1) is 0 Å². The molecule has 0 amide bonds. The van der Waals surface area contributed by atoms with Crippen LogP contribution in [0.1, 0.15) is 85.5 Å². The Balaban J connectivity index is 1.44. The van der Waals surface area contributed by atoms with Gasteiger partial charge < -0.3 is 14.4 Å². The van der Waals surface area contributed by atoms with Crippen LogP contribution in [0.4, 0.5) is 0 Å². The molecule has 3 heteroatoms. The number of ether oxygens (including phenoxy) is 2. The number of hydrogen-bond acceptors (Lipinski definition) is 3. The van der Waals surface area contributed by atoms with Crippen molar-refractivity contribution in [3.05, 3.63) is 0 Å². The van der Waals surface area contributed by atoms with Gasteiger partial charge in [0.1, 0.15) is 0 Å². The van der Waals surface area contributed by atoms with Crippen LogP contribution in [0, 0.1) is 11.3 Å². The van der Waals surface area contributed by atoms with E-state index in [0.29, 0.717) is 11.5 Å². The first kappa shape index (κ1) is 18.7. The third-order valence-electron chi connectivity index (χ3n) is 6.99. The highest BCUT2D eigenvalue weighted by Gasteiger charge is 2.46. The molecule has 1 atom stereocenters. The average molecular weight is 338 g/mol. The SMILES string of the molecule is CCCN(CCC1COC2(CCC(C(C)(C)CC)CC2)O1)C1CC1. The van der Waals surface area contributed by atoms with E-state index in [9.17, 15) is 0 Å². The van der Waals surface area contributed by atoms with Gasteiger partial charge in [0.15, 0.2) is 5.79 Å². The Morgan fingerprint density at radius 3 is 2.33 bits per heavy atom. The minimum absolute atomic E-state index is 0.236. The molecule has 0 aromatic heterocycles. The lowest BCUT2D eigenvalue weighted by molar-refractivity contribution is -0.197. The average Bonchev–Trinajstić information content (AvgIpc) is 3.35. The van der Waals surface area contributed by atoms with Crippen molar-refractivity contribution in [3.8, 4) is 0 Å². The van der Waals surface area contributed by atoms with Crippen molar-refractivity contribution in [1.82, 2.24) is 4.90 Å². The largest absolute Gasteiger partial charge is 0.347 e. The molecule has 2 aliphatic carbocycles. The first-order chi connectivity index (χ1) is 11.5. The van der Waals surface area contributed by atoms with Crippen molar-refractivity contribution in [2.45, 2.75) is 103 Å². The van der Waals surface area contributed by atoms with Crippen LogP contribution < -0.4 is 0 Å². The Bertz CT molecular complexity index is 397. The van der Waals surface area contributed by atoms with Crippen molar-refractivity contribution in [3.63, 3.8) is 0 Å². The number of rotatable bonds is 8. The Morgan fingerprint density at radius 2 is 1.75 bits per heavy atom. The summed E-state index contributed by atoms with van der Waals surface area (Å²) in [6.45, 7) is 12.7. The van der Waals surface area contributed by atoms with E-state index in [-0.39, 0.29) is 5.79 Å². The van der Waals surface area contributed by atoms with Gasteiger partial charge in [-0.1, -0.05) is 34.1 Å². The van der Waals surface area contributed by atoms with Crippen LogP contribution in [0.25, 0.3) is 0 Å². The fraction of sp³-hybridized carbons (Fsp3) is 1.00.